The van der Waals surface area contributed by atoms with Gasteiger partial charge in [0, 0.05) is 15.7 Å². The van der Waals surface area contributed by atoms with Crippen molar-refractivity contribution in [3.63, 3.8) is 0 Å². The van der Waals surface area contributed by atoms with Crippen LogP contribution in [0, 0.1) is 13.7 Å². The van der Waals surface area contributed by atoms with Crippen LogP contribution in [0.4, 0.5) is 5.69 Å². The van der Waals surface area contributed by atoms with Gasteiger partial charge >= 0.3 is 5.97 Å². The Morgan fingerprint density at radius 2 is 2.00 bits per heavy atom. The minimum atomic E-state index is -0.632. The number of rotatable bonds is 3. The number of aliphatic imine (C=N–C) groups is 1. The van der Waals surface area contributed by atoms with E-state index in [2.05, 4.69) is 27.6 Å². The quantitative estimate of drug-likeness (QED) is 0.229. The Morgan fingerprint density at radius 3 is 2.71 bits per heavy atom. The van der Waals surface area contributed by atoms with Gasteiger partial charge in [-0.1, -0.05) is 29.8 Å². The smallest absolute Gasteiger partial charge is 0.363 e. The molecule has 0 atom stereocenters. The molecule has 0 amide bonds. The molecule has 120 valence electrons. The molecule has 0 aliphatic carbocycles. The van der Waals surface area contributed by atoms with E-state index in [0.29, 0.717) is 0 Å². The topological polar surface area (TPSA) is 81.8 Å². The first-order chi connectivity index (χ1) is 11.5. The fourth-order valence-electron chi connectivity index (χ4n) is 2.05. The number of nitro benzene ring substituents is 1. The van der Waals surface area contributed by atoms with Crippen LogP contribution >= 0.6 is 34.2 Å². The molecule has 24 heavy (non-hydrogen) atoms. The van der Waals surface area contributed by atoms with Crippen molar-refractivity contribution in [1.82, 2.24) is 0 Å². The predicted octanol–water partition coefficient (Wildman–Crippen LogP) is 4.20. The number of benzene rings is 2. The van der Waals surface area contributed by atoms with Crippen molar-refractivity contribution in [3.8, 4) is 0 Å². The minimum Gasteiger partial charge on any atom is -0.402 e. The van der Waals surface area contributed by atoms with Crippen LogP contribution in [0.5, 0.6) is 0 Å². The van der Waals surface area contributed by atoms with Gasteiger partial charge in [-0.15, -0.1) is 0 Å². The molecule has 1 aliphatic rings. The Balaban J connectivity index is 2.03. The maximum Gasteiger partial charge on any atom is 0.363 e. The fourth-order valence-corrected chi connectivity index (χ4v) is 2.80. The first-order valence-corrected chi connectivity index (χ1v) is 8.13. The van der Waals surface area contributed by atoms with E-state index in [-0.39, 0.29) is 27.9 Å². The van der Waals surface area contributed by atoms with Gasteiger partial charge in [-0.05, 0) is 46.4 Å². The zero-order chi connectivity index (χ0) is 17.3. The summed E-state index contributed by atoms with van der Waals surface area (Å²) in [5.74, 6) is -0.682. The van der Waals surface area contributed by atoms with Gasteiger partial charge in [-0.2, -0.15) is 0 Å². The normalized spacial score (nSPS) is 15.3. The minimum absolute atomic E-state index is 0.0501. The van der Waals surface area contributed by atoms with Gasteiger partial charge in [0.1, 0.15) is 0 Å². The van der Waals surface area contributed by atoms with Crippen LogP contribution in [-0.4, -0.2) is 16.8 Å². The molecular weight excluding hydrogens is 447 g/mol. The molecule has 8 heteroatoms. The molecule has 0 spiro atoms. The first-order valence-electron chi connectivity index (χ1n) is 6.67. The van der Waals surface area contributed by atoms with Crippen LogP contribution in [-0.2, 0) is 9.53 Å². The number of carbonyl (C=O) groups is 1. The standard InChI is InChI=1S/C16H8ClIN2O4/c17-12-6-5-10(20(22)23)8-11(12)15-19-14(16(21)24-15)7-9-3-1-2-4-13(9)18/h1-8H. The van der Waals surface area contributed by atoms with E-state index in [9.17, 15) is 14.9 Å². The molecule has 2 aromatic carbocycles. The molecule has 0 saturated heterocycles. The van der Waals surface area contributed by atoms with E-state index < -0.39 is 10.9 Å². The highest BCUT2D eigenvalue weighted by molar-refractivity contribution is 14.1. The molecule has 1 heterocycles. The number of nitro groups is 1. The van der Waals surface area contributed by atoms with Crippen molar-refractivity contribution in [1.29, 1.82) is 0 Å². The van der Waals surface area contributed by atoms with Crippen molar-refractivity contribution >= 4 is 57.8 Å². The Kier molecular flexibility index (Phi) is 4.63. The van der Waals surface area contributed by atoms with Crippen molar-refractivity contribution in [3.05, 3.63) is 78.0 Å². The second-order valence-corrected chi connectivity index (χ2v) is 6.35. The van der Waals surface area contributed by atoms with E-state index >= 15 is 0 Å². The molecule has 0 saturated carbocycles. The third-order valence-electron chi connectivity index (χ3n) is 3.21. The summed E-state index contributed by atoms with van der Waals surface area (Å²) in [6, 6.07) is 11.3. The summed E-state index contributed by atoms with van der Waals surface area (Å²) in [4.78, 5) is 26.5. The number of hydrogen-bond acceptors (Lipinski definition) is 5. The molecule has 0 N–H and O–H groups in total. The molecule has 0 aromatic heterocycles. The molecule has 0 radical (unpaired) electrons. The number of cyclic esters (lactones) is 1. The maximum atomic E-state index is 12.0. The van der Waals surface area contributed by atoms with Crippen molar-refractivity contribution in [2.75, 3.05) is 0 Å². The van der Waals surface area contributed by atoms with Crippen molar-refractivity contribution in [2.45, 2.75) is 0 Å². The summed E-state index contributed by atoms with van der Waals surface area (Å²) < 4.78 is 6.07. The van der Waals surface area contributed by atoms with E-state index in [0.717, 1.165) is 9.13 Å². The molecule has 1 aliphatic heterocycles. The van der Waals surface area contributed by atoms with Crippen molar-refractivity contribution < 1.29 is 14.5 Å². The Labute approximate surface area is 155 Å². The SMILES string of the molecule is O=C1OC(c2cc([N+](=O)[O-])ccc2Cl)=NC1=Cc1ccccc1I. The number of halogens is 2. The first kappa shape index (κ1) is 16.6. The number of non-ortho nitro benzene ring substituents is 1. The van der Waals surface area contributed by atoms with Crippen LogP contribution in [0.1, 0.15) is 11.1 Å². The predicted molar refractivity (Wildman–Crippen MR) is 97.9 cm³/mol. The molecule has 6 nitrogen and oxygen atoms in total. The number of nitrogens with zero attached hydrogens (tertiary/aromatic N) is 2. The molecule has 0 fully saturated rings. The second kappa shape index (κ2) is 6.70. The van der Waals surface area contributed by atoms with Crippen LogP contribution in [0.2, 0.25) is 5.02 Å². The number of carbonyl (C=O) groups excluding carboxylic acids is 1. The highest BCUT2D eigenvalue weighted by Gasteiger charge is 2.27. The zero-order valence-corrected chi connectivity index (χ0v) is 14.8. The molecular formula is C16H8ClIN2O4. The summed E-state index contributed by atoms with van der Waals surface area (Å²) in [6.45, 7) is 0. The van der Waals surface area contributed by atoms with Crippen LogP contribution in [0.3, 0.4) is 0 Å². The summed E-state index contributed by atoms with van der Waals surface area (Å²) in [5, 5.41) is 11.1. The van der Waals surface area contributed by atoms with Gasteiger partial charge < -0.3 is 4.74 Å². The van der Waals surface area contributed by atoms with Gasteiger partial charge in [0.2, 0.25) is 5.90 Å². The zero-order valence-electron chi connectivity index (χ0n) is 11.9. The van der Waals surface area contributed by atoms with E-state index in [1.54, 1.807) is 6.08 Å². The fraction of sp³-hybridized carbons (Fsp3) is 0. The largest absolute Gasteiger partial charge is 0.402 e. The lowest BCUT2D eigenvalue weighted by molar-refractivity contribution is -0.384. The van der Waals surface area contributed by atoms with E-state index in [1.807, 2.05) is 24.3 Å². The van der Waals surface area contributed by atoms with Crippen LogP contribution in [0.15, 0.2) is 53.2 Å². The Hall–Kier alpha value is -2.26. The lowest BCUT2D eigenvalue weighted by Gasteiger charge is -2.02. The molecule has 0 bridgehead atoms. The number of ether oxygens (including phenoxy) is 1. The van der Waals surface area contributed by atoms with Crippen molar-refractivity contribution in [2.24, 2.45) is 4.99 Å². The average Bonchev–Trinajstić information content (AvgIpc) is 2.90. The van der Waals surface area contributed by atoms with Crippen LogP contribution < -0.4 is 0 Å². The average molecular weight is 455 g/mol. The Morgan fingerprint density at radius 1 is 1.25 bits per heavy atom. The Bertz CT molecular complexity index is 924. The van der Waals surface area contributed by atoms with Gasteiger partial charge in [-0.3, -0.25) is 10.1 Å². The third-order valence-corrected chi connectivity index (χ3v) is 4.52. The van der Waals surface area contributed by atoms with Crippen LogP contribution in [0.25, 0.3) is 6.08 Å². The van der Waals surface area contributed by atoms with E-state index in [1.165, 1.54) is 18.2 Å². The highest BCUT2D eigenvalue weighted by Crippen LogP contribution is 2.27. The highest BCUT2D eigenvalue weighted by atomic mass is 127. The lowest BCUT2D eigenvalue weighted by atomic mass is 10.2. The van der Waals surface area contributed by atoms with Gasteiger partial charge in [-0.25, -0.2) is 9.79 Å². The molecule has 2 aromatic rings. The summed E-state index contributed by atoms with van der Waals surface area (Å²) in [5.41, 5.74) is 0.963. The van der Waals surface area contributed by atoms with Gasteiger partial charge in [0.25, 0.3) is 5.69 Å². The van der Waals surface area contributed by atoms with Gasteiger partial charge in [0.05, 0.1) is 15.5 Å². The molecule has 3 rings (SSSR count). The second-order valence-electron chi connectivity index (χ2n) is 4.78. The third kappa shape index (κ3) is 3.31. The summed E-state index contributed by atoms with van der Waals surface area (Å²) >= 11 is 8.19. The number of hydrogen-bond donors (Lipinski definition) is 0. The molecule has 0 unspecified atom stereocenters. The monoisotopic (exact) mass is 454 g/mol. The maximum absolute atomic E-state index is 12.0. The lowest BCUT2D eigenvalue weighted by Crippen LogP contribution is -2.06. The number of esters is 1. The summed E-state index contributed by atoms with van der Waals surface area (Å²) in [6.07, 6.45) is 1.60. The van der Waals surface area contributed by atoms with Gasteiger partial charge in [0.15, 0.2) is 5.70 Å². The van der Waals surface area contributed by atoms with E-state index in [4.69, 9.17) is 16.3 Å². The summed E-state index contributed by atoms with van der Waals surface area (Å²) in [7, 11) is 0.